The minimum atomic E-state index is -5.09. The number of carbonyl (C=O) groups is 1. The molecule has 0 saturated heterocycles. The van der Waals surface area contributed by atoms with Crippen LogP contribution in [-0.4, -0.2) is 44.3 Å². The fraction of sp³-hybridized carbons (Fsp3) is 0.700. The number of ether oxygens (including phenoxy) is 1. The van der Waals surface area contributed by atoms with Gasteiger partial charge in [-0.05, 0) is 13.8 Å². The van der Waals surface area contributed by atoms with Gasteiger partial charge in [0.2, 0.25) is 5.95 Å². The molecule has 1 aliphatic rings. The number of carbonyl (C=O) groups excluding carboxylic acids is 1. The third-order valence-electron chi connectivity index (χ3n) is 3.17. The number of alkyl halides is 3. The topological polar surface area (TPSA) is 89.3 Å². The lowest BCUT2D eigenvalue weighted by atomic mass is 9.87. The number of hydrogen-bond donors (Lipinski definition) is 2. The van der Waals surface area contributed by atoms with Crippen LogP contribution in [0.2, 0.25) is 0 Å². The average molecular weight is 294 g/mol. The Morgan fingerprint density at radius 3 is 2.85 bits per heavy atom. The zero-order chi connectivity index (χ0) is 15.1. The van der Waals surface area contributed by atoms with Gasteiger partial charge >= 0.3 is 12.1 Å². The van der Waals surface area contributed by atoms with Crippen molar-refractivity contribution < 1.29 is 27.8 Å². The van der Waals surface area contributed by atoms with Crippen molar-refractivity contribution in [3.05, 3.63) is 6.33 Å². The second kappa shape index (κ2) is 4.62. The molecule has 20 heavy (non-hydrogen) atoms. The van der Waals surface area contributed by atoms with Crippen molar-refractivity contribution in [1.29, 1.82) is 0 Å². The highest BCUT2D eigenvalue weighted by Crippen LogP contribution is 2.45. The predicted octanol–water partition coefficient (Wildman–Crippen LogP) is 0.695. The third-order valence-corrected chi connectivity index (χ3v) is 3.17. The Balaban J connectivity index is 2.51. The fourth-order valence-electron chi connectivity index (χ4n) is 2.22. The highest BCUT2D eigenvalue weighted by molar-refractivity contribution is 5.76. The second-order valence-corrected chi connectivity index (χ2v) is 4.39. The molecule has 0 unspecified atom stereocenters. The molecule has 2 N–H and O–H groups in total. The van der Waals surface area contributed by atoms with E-state index in [0.29, 0.717) is 0 Å². The number of hydrogen-bond acceptors (Lipinski definition) is 6. The molecule has 112 valence electrons. The largest absolute Gasteiger partial charge is 0.466 e. The van der Waals surface area contributed by atoms with E-state index in [2.05, 4.69) is 14.8 Å². The van der Waals surface area contributed by atoms with Gasteiger partial charge in [0.25, 0.3) is 5.72 Å². The fourth-order valence-corrected chi connectivity index (χ4v) is 2.22. The normalized spacial score (nSPS) is 29.5. The Bertz CT molecular complexity index is 518. The van der Waals surface area contributed by atoms with Gasteiger partial charge in [0.15, 0.2) is 0 Å². The monoisotopic (exact) mass is 294 g/mol. The van der Waals surface area contributed by atoms with Crippen molar-refractivity contribution in [1.82, 2.24) is 14.8 Å². The first-order valence-corrected chi connectivity index (χ1v) is 5.85. The molecule has 1 aliphatic heterocycles. The number of esters is 1. The van der Waals surface area contributed by atoms with Crippen LogP contribution in [0, 0.1) is 5.92 Å². The summed E-state index contributed by atoms with van der Waals surface area (Å²) in [7, 11) is 0. The summed E-state index contributed by atoms with van der Waals surface area (Å²) in [6.45, 7) is 2.70. The molecule has 0 aliphatic carbocycles. The number of rotatable bonds is 2. The van der Waals surface area contributed by atoms with Gasteiger partial charge in [-0.15, -0.1) is 0 Å². The molecule has 0 radical (unpaired) electrons. The van der Waals surface area contributed by atoms with Crippen LogP contribution in [0.25, 0.3) is 0 Å². The van der Waals surface area contributed by atoms with Crippen LogP contribution in [0.1, 0.15) is 19.9 Å². The molecule has 0 bridgehead atoms. The molecule has 7 nitrogen and oxygen atoms in total. The molecule has 3 atom stereocenters. The summed E-state index contributed by atoms with van der Waals surface area (Å²) in [5.74, 6) is -3.32. The van der Waals surface area contributed by atoms with Crippen molar-refractivity contribution in [2.75, 3.05) is 11.9 Å². The van der Waals surface area contributed by atoms with Crippen molar-refractivity contribution in [3.63, 3.8) is 0 Å². The maximum absolute atomic E-state index is 13.2. The molecule has 0 amide bonds. The zero-order valence-electron chi connectivity index (χ0n) is 10.7. The molecule has 0 saturated carbocycles. The number of nitrogens with zero attached hydrogens (tertiary/aromatic N) is 3. The van der Waals surface area contributed by atoms with Crippen molar-refractivity contribution in [2.24, 2.45) is 5.92 Å². The minimum Gasteiger partial charge on any atom is -0.466 e. The Kier molecular flexibility index (Phi) is 3.36. The molecule has 2 rings (SSSR count). The van der Waals surface area contributed by atoms with E-state index in [4.69, 9.17) is 0 Å². The van der Waals surface area contributed by atoms with E-state index >= 15 is 0 Å². The number of fused-ring (bicyclic) bond motifs is 1. The molecule has 1 aromatic heterocycles. The Morgan fingerprint density at radius 2 is 2.30 bits per heavy atom. The van der Waals surface area contributed by atoms with Crippen LogP contribution in [0.15, 0.2) is 6.33 Å². The number of nitrogens with one attached hydrogen (secondary N) is 1. The first-order valence-electron chi connectivity index (χ1n) is 5.85. The van der Waals surface area contributed by atoms with Crippen molar-refractivity contribution in [2.45, 2.75) is 31.8 Å². The SMILES string of the molecule is CCOC(=O)[C@@H]1[C@@H](C)n2ncnc2N[C@@]1(O)C(F)(F)F. The van der Waals surface area contributed by atoms with Crippen LogP contribution in [0.3, 0.4) is 0 Å². The first-order chi connectivity index (χ1) is 9.22. The van der Waals surface area contributed by atoms with Gasteiger partial charge in [-0.1, -0.05) is 0 Å². The lowest BCUT2D eigenvalue weighted by Gasteiger charge is -2.42. The number of aromatic nitrogens is 3. The number of anilines is 1. The molecule has 10 heteroatoms. The van der Waals surface area contributed by atoms with Crippen LogP contribution >= 0.6 is 0 Å². The summed E-state index contributed by atoms with van der Waals surface area (Å²) in [6.07, 6.45) is -4.06. The second-order valence-electron chi connectivity index (χ2n) is 4.39. The highest BCUT2D eigenvalue weighted by Gasteiger charge is 2.66. The van der Waals surface area contributed by atoms with Gasteiger partial charge in [0.05, 0.1) is 12.6 Å². The molecular formula is C10H13F3N4O3. The average Bonchev–Trinajstić information content (AvgIpc) is 2.75. The summed E-state index contributed by atoms with van der Waals surface area (Å²) in [4.78, 5) is 15.4. The molecule has 1 aromatic rings. The zero-order valence-corrected chi connectivity index (χ0v) is 10.7. The van der Waals surface area contributed by atoms with E-state index in [9.17, 15) is 23.1 Å². The summed E-state index contributed by atoms with van der Waals surface area (Å²) >= 11 is 0. The first kappa shape index (κ1) is 14.6. The van der Waals surface area contributed by atoms with Crippen molar-refractivity contribution in [3.8, 4) is 0 Å². The highest BCUT2D eigenvalue weighted by atomic mass is 19.4. The van der Waals surface area contributed by atoms with Crippen LogP contribution in [0.5, 0.6) is 0 Å². The Hall–Kier alpha value is -1.84. The van der Waals surface area contributed by atoms with Gasteiger partial charge in [0, 0.05) is 0 Å². The summed E-state index contributed by atoms with van der Waals surface area (Å²) < 4.78 is 45.2. The van der Waals surface area contributed by atoms with E-state index in [-0.39, 0.29) is 12.6 Å². The smallest absolute Gasteiger partial charge is 0.437 e. The number of halogens is 3. The van der Waals surface area contributed by atoms with Crippen LogP contribution in [0.4, 0.5) is 19.1 Å². The van der Waals surface area contributed by atoms with E-state index < -0.39 is 29.8 Å². The Morgan fingerprint density at radius 1 is 1.65 bits per heavy atom. The third kappa shape index (κ3) is 1.99. The van der Waals surface area contributed by atoms with Crippen LogP contribution in [-0.2, 0) is 9.53 Å². The van der Waals surface area contributed by atoms with Gasteiger partial charge in [-0.2, -0.15) is 23.3 Å². The summed E-state index contributed by atoms with van der Waals surface area (Å²) in [5.41, 5.74) is -3.46. The molecule has 0 aromatic carbocycles. The lowest BCUT2D eigenvalue weighted by Crippen LogP contribution is -2.64. The van der Waals surface area contributed by atoms with Gasteiger partial charge in [0.1, 0.15) is 12.2 Å². The maximum Gasteiger partial charge on any atom is 0.437 e. The molecular weight excluding hydrogens is 281 g/mol. The van der Waals surface area contributed by atoms with E-state index in [1.54, 1.807) is 0 Å². The van der Waals surface area contributed by atoms with Gasteiger partial charge < -0.3 is 15.2 Å². The lowest BCUT2D eigenvalue weighted by molar-refractivity contribution is -0.275. The Labute approximate surface area is 111 Å². The molecule has 2 heterocycles. The van der Waals surface area contributed by atoms with Crippen molar-refractivity contribution >= 4 is 11.9 Å². The number of aliphatic hydroxyl groups is 1. The van der Waals surface area contributed by atoms with Gasteiger partial charge in [-0.3, -0.25) is 4.79 Å². The molecule has 0 spiro atoms. The van der Waals surface area contributed by atoms with Crippen LogP contribution < -0.4 is 5.32 Å². The van der Waals surface area contributed by atoms with E-state index in [1.165, 1.54) is 13.8 Å². The quantitative estimate of drug-likeness (QED) is 0.780. The molecule has 0 fully saturated rings. The summed E-state index contributed by atoms with van der Waals surface area (Å²) in [6, 6.07) is -1.07. The minimum absolute atomic E-state index is 0.0970. The van der Waals surface area contributed by atoms with E-state index in [0.717, 1.165) is 11.0 Å². The standard InChI is InChI=1S/C10H13F3N4O3/c1-3-20-7(18)6-5(2)17-8(14-4-15-17)16-9(6,19)10(11,12)13/h4-6,19H,3H2,1-2H3,(H,14,15,16)/t5-,6+,9+/m1/s1. The van der Waals surface area contributed by atoms with Gasteiger partial charge in [-0.25, -0.2) is 4.68 Å². The summed E-state index contributed by atoms with van der Waals surface area (Å²) in [5, 5.41) is 15.5. The van der Waals surface area contributed by atoms with E-state index in [1.807, 2.05) is 5.32 Å². The maximum atomic E-state index is 13.2. The predicted molar refractivity (Wildman–Crippen MR) is 59.5 cm³/mol.